The monoisotopic (exact) mass is 566 g/mol. The van der Waals surface area contributed by atoms with E-state index in [1.165, 1.54) is 24.0 Å². The van der Waals surface area contributed by atoms with E-state index in [1.807, 2.05) is 18.2 Å². The SMILES string of the molecule is CN(C)CCCc1cccc(-c2c(Cn3nc(-c4cc(O)cc(F)c4)c4c(N)ncnc43)oc(=O)c3c2=CCCC=3)c1. The number of benzene rings is 2. The molecule has 0 spiro atoms. The highest BCUT2D eigenvalue weighted by Crippen LogP contribution is 2.33. The van der Waals surface area contributed by atoms with Gasteiger partial charge in [-0.2, -0.15) is 5.10 Å². The summed E-state index contributed by atoms with van der Waals surface area (Å²) in [7, 11) is 4.13. The van der Waals surface area contributed by atoms with Crippen molar-refractivity contribution in [1.29, 1.82) is 0 Å². The van der Waals surface area contributed by atoms with Gasteiger partial charge in [0.25, 0.3) is 0 Å². The molecule has 42 heavy (non-hydrogen) atoms. The number of aryl methyl sites for hydroxylation is 1. The van der Waals surface area contributed by atoms with Gasteiger partial charge in [0, 0.05) is 17.2 Å². The smallest absolute Gasteiger partial charge is 0.343 e. The first-order chi connectivity index (χ1) is 20.3. The van der Waals surface area contributed by atoms with Crippen LogP contribution in [0.1, 0.15) is 30.6 Å². The number of phenols is 1. The number of fused-ring (bicyclic) bond motifs is 2. The summed E-state index contributed by atoms with van der Waals surface area (Å²) in [4.78, 5) is 23.9. The van der Waals surface area contributed by atoms with Gasteiger partial charge in [-0.25, -0.2) is 23.8 Å². The molecule has 1 aliphatic carbocycles. The van der Waals surface area contributed by atoms with Gasteiger partial charge in [0.2, 0.25) is 0 Å². The number of rotatable bonds is 8. The first-order valence-electron chi connectivity index (χ1n) is 13.9. The van der Waals surface area contributed by atoms with Crippen LogP contribution in [0.4, 0.5) is 10.2 Å². The highest BCUT2D eigenvalue weighted by Gasteiger charge is 2.22. The van der Waals surface area contributed by atoms with Crippen molar-refractivity contribution in [3.05, 3.63) is 86.8 Å². The summed E-state index contributed by atoms with van der Waals surface area (Å²) in [5.41, 5.74) is 9.81. The molecule has 1 aliphatic rings. The van der Waals surface area contributed by atoms with Crippen molar-refractivity contribution in [2.75, 3.05) is 26.4 Å². The van der Waals surface area contributed by atoms with Crippen molar-refractivity contribution in [3.63, 3.8) is 0 Å². The maximum absolute atomic E-state index is 14.2. The van der Waals surface area contributed by atoms with Crippen molar-refractivity contribution in [2.45, 2.75) is 32.2 Å². The number of anilines is 1. The minimum absolute atomic E-state index is 0.0603. The molecule has 3 heterocycles. The molecule has 2 aromatic carbocycles. The predicted molar refractivity (Wildman–Crippen MR) is 161 cm³/mol. The third-order valence-corrected chi connectivity index (χ3v) is 7.43. The lowest BCUT2D eigenvalue weighted by Crippen LogP contribution is -2.42. The van der Waals surface area contributed by atoms with E-state index in [9.17, 15) is 14.3 Å². The summed E-state index contributed by atoms with van der Waals surface area (Å²) in [6, 6.07) is 12.0. The Labute approximate surface area is 241 Å². The van der Waals surface area contributed by atoms with Crippen molar-refractivity contribution in [2.24, 2.45) is 0 Å². The Morgan fingerprint density at radius 3 is 2.67 bits per heavy atom. The molecule has 6 rings (SSSR count). The van der Waals surface area contributed by atoms with E-state index in [0.717, 1.165) is 54.6 Å². The van der Waals surface area contributed by atoms with Gasteiger partial charge >= 0.3 is 5.63 Å². The molecule has 9 nitrogen and oxygen atoms in total. The first-order valence-corrected chi connectivity index (χ1v) is 13.9. The number of nitrogens with two attached hydrogens (primary N) is 1. The maximum atomic E-state index is 14.2. The van der Waals surface area contributed by atoms with Crippen LogP contribution in [0.2, 0.25) is 0 Å². The quantitative estimate of drug-likeness (QED) is 0.293. The molecule has 0 aliphatic heterocycles. The summed E-state index contributed by atoms with van der Waals surface area (Å²) < 4.78 is 21.8. The molecular weight excluding hydrogens is 535 g/mol. The fourth-order valence-electron chi connectivity index (χ4n) is 5.57. The summed E-state index contributed by atoms with van der Waals surface area (Å²) in [6.45, 7) is 1.04. The number of aromatic hydroxyl groups is 1. The number of aromatic nitrogens is 4. The zero-order valence-electron chi connectivity index (χ0n) is 23.5. The van der Waals surface area contributed by atoms with E-state index in [1.54, 1.807) is 4.68 Å². The highest BCUT2D eigenvalue weighted by atomic mass is 19.1. The van der Waals surface area contributed by atoms with Crippen molar-refractivity contribution in [1.82, 2.24) is 24.6 Å². The van der Waals surface area contributed by atoms with Gasteiger partial charge in [-0.3, -0.25) is 0 Å². The normalized spacial score (nSPS) is 12.8. The van der Waals surface area contributed by atoms with E-state index in [-0.39, 0.29) is 18.1 Å². The van der Waals surface area contributed by atoms with E-state index < -0.39 is 11.4 Å². The van der Waals surface area contributed by atoms with Gasteiger partial charge in [-0.1, -0.05) is 36.4 Å². The van der Waals surface area contributed by atoms with Crippen LogP contribution in [0.15, 0.2) is 58.0 Å². The Balaban J connectivity index is 1.52. The largest absolute Gasteiger partial charge is 0.508 e. The average molecular weight is 567 g/mol. The maximum Gasteiger partial charge on any atom is 0.343 e. The molecule has 10 heteroatoms. The topological polar surface area (TPSA) is 123 Å². The van der Waals surface area contributed by atoms with Crippen LogP contribution >= 0.6 is 0 Å². The average Bonchev–Trinajstić information content (AvgIpc) is 3.32. The van der Waals surface area contributed by atoms with E-state index in [2.05, 4.69) is 47.2 Å². The third kappa shape index (κ3) is 5.28. The van der Waals surface area contributed by atoms with Crippen LogP contribution in [0, 0.1) is 5.82 Å². The lowest BCUT2D eigenvalue weighted by molar-refractivity contribution is 0.400. The lowest BCUT2D eigenvalue weighted by Gasteiger charge is -2.14. The fourth-order valence-corrected chi connectivity index (χ4v) is 5.57. The Hall–Kier alpha value is -4.83. The van der Waals surface area contributed by atoms with Gasteiger partial charge in [-0.05, 0) is 74.8 Å². The molecule has 0 amide bonds. The Morgan fingerprint density at radius 2 is 1.88 bits per heavy atom. The third-order valence-electron chi connectivity index (χ3n) is 7.43. The molecule has 3 aromatic heterocycles. The lowest BCUT2D eigenvalue weighted by atomic mass is 9.95. The zero-order chi connectivity index (χ0) is 29.4. The minimum atomic E-state index is -0.622. The summed E-state index contributed by atoms with van der Waals surface area (Å²) in [5, 5.41) is 16.6. The zero-order valence-corrected chi connectivity index (χ0v) is 23.5. The first kappa shape index (κ1) is 27.3. The van der Waals surface area contributed by atoms with E-state index >= 15 is 0 Å². The minimum Gasteiger partial charge on any atom is -0.508 e. The second-order valence-corrected chi connectivity index (χ2v) is 10.8. The summed E-state index contributed by atoms with van der Waals surface area (Å²) in [5.74, 6) is -0.289. The van der Waals surface area contributed by atoms with Gasteiger partial charge in [0.15, 0.2) is 5.65 Å². The van der Waals surface area contributed by atoms with Gasteiger partial charge in [0.05, 0.1) is 10.6 Å². The van der Waals surface area contributed by atoms with Crippen LogP contribution in [-0.2, 0) is 13.0 Å². The van der Waals surface area contributed by atoms with Crippen LogP contribution in [-0.4, -0.2) is 50.4 Å². The molecule has 214 valence electrons. The molecule has 0 saturated carbocycles. The van der Waals surface area contributed by atoms with Crippen molar-refractivity contribution >= 4 is 29.0 Å². The molecule has 0 unspecified atom stereocenters. The second-order valence-electron chi connectivity index (χ2n) is 10.8. The van der Waals surface area contributed by atoms with Gasteiger partial charge < -0.3 is 20.2 Å². The summed E-state index contributed by atoms with van der Waals surface area (Å²) >= 11 is 0. The molecule has 5 aromatic rings. The Morgan fingerprint density at radius 1 is 1.07 bits per heavy atom. The van der Waals surface area contributed by atoms with Crippen molar-refractivity contribution < 1.29 is 13.9 Å². The Kier molecular flexibility index (Phi) is 7.30. The molecule has 0 fully saturated rings. The van der Waals surface area contributed by atoms with Crippen LogP contribution in [0.25, 0.3) is 45.6 Å². The van der Waals surface area contributed by atoms with E-state index in [0.29, 0.717) is 33.3 Å². The number of phenolic OH excluding ortho intramolecular Hbond substituents is 1. The number of nitrogen functional groups attached to an aromatic ring is 1. The standard InChI is InChI=1S/C32H31FN6O3/c1-38(2)12-6-8-19-7-5-9-20(13-19)27-24-10-3-4-11-25(24)32(41)42-26(27)17-39-31-28(30(34)35-18-36-31)29(37-39)21-14-22(33)16-23(40)15-21/h5,7,9-11,13-16,18,40H,3-4,6,8,12,17H2,1-2H3,(H2,34,35,36). The molecule has 0 radical (unpaired) electrons. The number of halogens is 1. The molecular formula is C32H31FN6O3. The second kappa shape index (κ2) is 11.2. The summed E-state index contributed by atoms with van der Waals surface area (Å²) in [6.07, 6.45) is 8.86. The Bertz CT molecular complexity index is 1980. The van der Waals surface area contributed by atoms with Crippen LogP contribution < -0.4 is 21.8 Å². The number of hydrogen-bond acceptors (Lipinski definition) is 8. The van der Waals surface area contributed by atoms with Crippen LogP contribution in [0.5, 0.6) is 5.75 Å². The molecule has 0 bridgehead atoms. The number of hydrogen-bond donors (Lipinski definition) is 2. The van der Waals surface area contributed by atoms with Gasteiger partial charge in [-0.15, -0.1) is 0 Å². The fraction of sp³-hybridized carbons (Fsp3) is 0.250. The highest BCUT2D eigenvalue weighted by molar-refractivity contribution is 5.98. The number of nitrogens with zero attached hydrogens (tertiary/aromatic N) is 5. The van der Waals surface area contributed by atoms with Gasteiger partial charge in [0.1, 0.15) is 41.7 Å². The van der Waals surface area contributed by atoms with E-state index in [4.69, 9.17) is 15.2 Å². The van der Waals surface area contributed by atoms with Crippen molar-refractivity contribution in [3.8, 4) is 28.1 Å². The molecule has 3 N–H and O–H groups in total. The molecule has 0 atom stereocenters. The van der Waals surface area contributed by atoms with Crippen LogP contribution in [0.3, 0.4) is 0 Å². The molecule has 0 saturated heterocycles. The predicted octanol–water partition coefficient (Wildman–Crippen LogP) is 3.44.